The van der Waals surface area contributed by atoms with E-state index in [4.69, 9.17) is 4.74 Å². The molecule has 1 aromatic carbocycles. The van der Waals surface area contributed by atoms with Gasteiger partial charge in [-0.05, 0) is 24.3 Å². The Hall–Kier alpha value is -1.57. The Kier molecular flexibility index (Phi) is 2.82. The highest BCUT2D eigenvalue weighted by Gasteiger charge is 2.35. The van der Waals surface area contributed by atoms with Gasteiger partial charge in [0.15, 0.2) is 6.10 Å². The maximum atomic E-state index is 13.7. The predicted molar refractivity (Wildman–Crippen MR) is 61.6 cm³/mol. The van der Waals surface area contributed by atoms with Crippen molar-refractivity contribution in [3.63, 3.8) is 0 Å². The van der Waals surface area contributed by atoms with Gasteiger partial charge in [-0.25, -0.2) is 4.39 Å². The van der Waals surface area contributed by atoms with Gasteiger partial charge in [0.2, 0.25) is 0 Å². The van der Waals surface area contributed by atoms with Crippen LogP contribution in [0.4, 0.5) is 4.39 Å². The molecule has 0 amide bonds. The van der Waals surface area contributed by atoms with Crippen molar-refractivity contribution >= 4 is 0 Å². The quantitative estimate of drug-likeness (QED) is 0.734. The number of rotatable bonds is 2. The van der Waals surface area contributed by atoms with E-state index in [1.165, 1.54) is 6.08 Å². The first-order valence-corrected chi connectivity index (χ1v) is 5.28. The van der Waals surface area contributed by atoms with Gasteiger partial charge < -0.3 is 4.74 Å². The average Bonchev–Trinajstić information content (AvgIpc) is 2.25. The molecule has 0 heterocycles. The second-order valence-electron chi connectivity index (χ2n) is 4.40. The van der Waals surface area contributed by atoms with Crippen LogP contribution in [-0.4, -0.2) is 6.10 Å². The summed E-state index contributed by atoms with van der Waals surface area (Å²) in [5, 5.41) is 0. The lowest BCUT2D eigenvalue weighted by molar-refractivity contribution is 0.109. The summed E-state index contributed by atoms with van der Waals surface area (Å²) in [5.41, 5.74) is -0.450. The van der Waals surface area contributed by atoms with Crippen LogP contribution in [0.2, 0.25) is 0 Å². The minimum absolute atomic E-state index is 0.257. The monoisotopic (exact) mass is 217 g/mol. The van der Waals surface area contributed by atoms with Crippen LogP contribution in [0.3, 0.4) is 0 Å². The van der Waals surface area contributed by atoms with Gasteiger partial charge in [0.25, 0.3) is 0 Å². The lowest BCUT2D eigenvalue weighted by Crippen LogP contribution is -2.35. The fourth-order valence-electron chi connectivity index (χ4n) is 1.68. The van der Waals surface area contributed by atoms with Gasteiger partial charge in [-0.3, -0.25) is 0 Å². The van der Waals surface area contributed by atoms with Crippen molar-refractivity contribution in [3.05, 3.63) is 54.4 Å². The van der Waals surface area contributed by atoms with E-state index in [-0.39, 0.29) is 5.83 Å². The van der Waals surface area contributed by atoms with Crippen molar-refractivity contribution in [2.24, 2.45) is 5.41 Å². The van der Waals surface area contributed by atoms with E-state index in [9.17, 15) is 4.39 Å². The summed E-state index contributed by atoms with van der Waals surface area (Å²) >= 11 is 0. The summed E-state index contributed by atoms with van der Waals surface area (Å²) in [6, 6.07) is 9.28. The van der Waals surface area contributed by atoms with Gasteiger partial charge in [-0.2, -0.15) is 0 Å². The fourth-order valence-corrected chi connectivity index (χ4v) is 1.68. The van der Waals surface area contributed by atoms with Gasteiger partial charge in [0, 0.05) is 5.41 Å². The van der Waals surface area contributed by atoms with Crippen molar-refractivity contribution in [2.45, 2.75) is 20.0 Å². The SMILES string of the molecule is CC1(C)[C]=CC=C(F)C1Oc1ccccc1. The van der Waals surface area contributed by atoms with Crippen molar-refractivity contribution in [1.29, 1.82) is 0 Å². The highest BCUT2D eigenvalue weighted by molar-refractivity contribution is 5.26. The maximum Gasteiger partial charge on any atom is 0.159 e. The fraction of sp³-hybridized carbons (Fsp3) is 0.286. The van der Waals surface area contributed by atoms with E-state index in [2.05, 4.69) is 6.08 Å². The van der Waals surface area contributed by atoms with Crippen LogP contribution >= 0.6 is 0 Å². The first-order chi connectivity index (χ1) is 7.59. The summed E-state index contributed by atoms with van der Waals surface area (Å²) in [5.74, 6) is 0.417. The average molecular weight is 217 g/mol. The van der Waals surface area contributed by atoms with Crippen molar-refractivity contribution < 1.29 is 9.13 Å². The molecule has 0 aromatic heterocycles. The van der Waals surface area contributed by atoms with Gasteiger partial charge >= 0.3 is 0 Å². The molecule has 1 aliphatic carbocycles. The Morgan fingerprint density at radius 2 is 1.94 bits per heavy atom. The largest absolute Gasteiger partial charge is 0.482 e. The normalized spacial score (nSPS) is 22.7. The molecule has 0 N–H and O–H groups in total. The van der Waals surface area contributed by atoms with E-state index < -0.39 is 11.5 Å². The first-order valence-electron chi connectivity index (χ1n) is 5.28. The molecule has 0 saturated carbocycles. The van der Waals surface area contributed by atoms with Crippen LogP contribution in [0, 0.1) is 11.5 Å². The molecular weight excluding hydrogens is 203 g/mol. The molecule has 1 radical (unpaired) electrons. The van der Waals surface area contributed by atoms with E-state index in [1.54, 1.807) is 6.08 Å². The van der Waals surface area contributed by atoms with Crippen LogP contribution in [0.1, 0.15) is 13.8 Å². The molecular formula is C14H14FO. The van der Waals surface area contributed by atoms with Crippen LogP contribution in [0.5, 0.6) is 5.75 Å². The zero-order valence-corrected chi connectivity index (χ0v) is 9.41. The van der Waals surface area contributed by atoms with Crippen molar-refractivity contribution in [1.82, 2.24) is 0 Å². The molecule has 1 aromatic rings. The summed E-state index contributed by atoms with van der Waals surface area (Å²) in [4.78, 5) is 0. The third-order valence-corrected chi connectivity index (χ3v) is 2.60. The van der Waals surface area contributed by atoms with Crippen molar-refractivity contribution in [2.75, 3.05) is 0 Å². The first kappa shape index (κ1) is 10.9. The Morgan fingerprint density at radius 1 is 1.25 bits per heavy atom. The molecule has 83 valence electrons. The summed E-state index contributed by atoms with van der Waals surface area (Å²) in [7, 11) is 0. The van der Waals surface area contributed by atoms with Crippen LogP contribution in [0.25, 0.3) is 0 Å². The van der Waals surface area contributed by atoms with E-state index in [0.717, 1.165) is 0 Å². The minimum atomic E-state index is -0.597. The molecule has 1 unspecified atom stereocenters. The third kappa shape index (κ3) is 2.16. The second-order valence-corrected chi connectivity index (χ2v) is 4.40. The zero-order valence-electron chi connectivity index (χ0n) is 9.41. The second kappa shape index (κ2) is 4.12. The van der Waals surface area contributed by atoms with E-state index in [0.29, 0.717) is 5.75 Å². The highest BCUT2D eigenvalue weighted by Crippen LogP contribution is 2.34. The van der Waals surface area contributed by atoms with Crippen LogP contribution < -0.4 is 4.74 Å². The number of benzene rings is 1. The van der Waals surface area contributed by atoms with E-state index in [1.807, 2.05) is 44.2 Å². The van der Waals surface area contributed by atoms with Crippen LogP contribution in [0.15, 0.2) is 48.3 Å². The van der Waals surface area contributed by atoms with Gasteiger partial charge in [-0.1, -0.05) is 38.1 Å². The summed E-state index contributed by atoms with van der Waals surface area (Å²) in [6.45, 7) is 3.81. The number of halogens is 1. The van der Waals surface area contributed by atoms with Crippen LogP contribution in [-0.2, 0) is 0 Å². The molecule has 0 bridgehead atoms. The predicted octanol–water partition coefficient (Wildman–Crippen LogP) is 3.69. The number of hydrogen-bond donors (Lipinski definition) is 0. The molecule has 2 heteroatoms. The Balaban J connectivity index is 2.21. The third-order valence-electron chi connectivity index (χ3n) is 2.60. The number of allylic oxidation sites excluding steroid dienone is 2. The van der Waals surface area contributed by atoms with Gasteiger partial charge in [0.1, 0.15) is 11.6 Å². The minimum Gasteiger partial charge on any atom is -0.482 e. The van der Waals surface area contributed by atoms with Crippen molar-refractivity contribution in [3.8, 4) is 5.75 Å². The lowest BCUT2D eigenvalue weighted by atomic mass is 9.82. The lowest BCUT2D eigenvalue weighted by Gasteiger charge is -2.32. The van der Waals surface area contributed by atoms with Gasteiger partial charge in [-0.15, -0.1) is 0 Å². The number of hydrogen-bond acceptors (Lipinski definition) is 1. The molecule has 16 heavy (non-hydrogen) atoms. The molecule has 0 aliphatic heterocycles. The Morgan fingerprint density at radius 3 is 2.56 bits per heavy atom. The molecule has 1 atom stereocenters. The molecule has 1 nitrogen and oxygen atoms in total. The molecule has 1 aliphatic rings. The zero-order chi connectivity index (χ0) is 11.6. The molecule has 0 spiro atoms. The smallest absolute Gasteiger partial charge is 0.159 e. The summed E-state index contributed by atoms with van der Waals surface area (Å²) < 4.78 is 19.4. The van der Waals surface area contributed by atoms with E-state index >= 15 is 0 Å². The maximum absolute atomic E-state index is 13.7. The number of ether oxygens (including phenoxy) is 1. The summed E-state index contributed by atoms with van der Waals surface area (Å²) in [6.07, 6.45) is 5.51. The molecule has 2 rings (SSSR count). The Bertz CT molecular complexity index is 418. The number of para-hydroxylation sites is 1. The molecule has 0 fully saturated rings. The topological polar surface area (TPSA) is 9.23 Å². The Labute approximate surface area is 95.2 Å². The highest BCUT2D eigenvalue weighted by atomic mass is 19.1. The standard InChI is InChI=1S/C14H14FO/c1-14(2)10-6-9-12(15)13(14)16-11-7-4-3-5-8-11/h3-9,13H,1-2H3. The molecule has 0 saturated heterocycles. The van der Waals surface area contributed by atoms with Gasteiger partial charge in [0.05, 0.1) is 0 Å².